The molecular formula is C21H16N2O2. The van der Waals surface area contributed by atoms with Gasteiger partial charge < -0.3 is 4.98 Å². The zero-order chi connectivity index (χ0) is 17.0. The van der Waals surface area contributed by atoms with Crippen LogP contribution in [0.15, 0.2) is 64.2 Å². The number of nitrogens with one attached hydrogen (secondary N) is 1. The highest BCUT2D eigenvalue weighted by molar-refractivity contribution is 5.87. The van der Waals surface area contributed by atoms with E-state index in [4.69, 9.17) is 0 Å². The number of para-hydroxylation sites is 1. The summed E-state index contributed by atoms with van der Waals surface area (Å²) in [6, 6.07) is 11.4. The molecule has 3 aromatic rings. The van der Waals surface area contributed by atoms with Crippen LogP contribution in [0.25, 0.3) is 22.2 Å². The van der Waals surface area contributed by atoms with Crippen molar-refractivity contribution in [2.45, 2.75) is 19.3 Å². The van der Waals surface area contributed by atoms with Crippen LogP contribution in [0.3, 0.4) is 0 Å². The molecule has 0 fully saturated rings. The maximum absolute atomic E-state index is 13.3. The molecule has 4 nitrogen and oxygen atoms in total. The van der Waals surface area contributed by atoms with Crippen molar-refractivity contribution in [3.63, 3.8) is 0 Å². The number of rotatable bonds is 2. The molecule has 122 valence electrons. The smallest absolute Gasteiger partial charge is 0.268 e. The van der Waals surface area contributed by atoms with Gasteiger partial charge in [-0.05, 0) is 43.0 Å². The quantitative estimate of drug-likeness (QED) is 0.786. The van der Waals surface area contributed by atoms with Crippen LogP contribution in [-0.4, -0.2) is 9.55 Å². The van der Waals surface area contributed by atoms with E-state index in [1.54, 1.807) is 4.57 Å². The molecule has 0 atom stereocenters. The first-order chi connectivity index (χ1) is 12.2. The third kappa shape index (κ3) is 2.00. The van der Waals surface area contributed by atoms with Gasteiger partial charge in [0.2, 0.25) is 0 Å². The SMILES string of the molecule is O=c1c2c([nH]c3cc(C4=CC=C4)n(-c4ccccc4)c(=O)c13)CCC2. The predicted molar refractivity (Wildman–Crippen MR) is 99.3 cm³/mol. The van der Waals surface area contributed by atoms with Gasteiger partial charge in [-0.1, -0.05) is 36.4 Å². The molecule has 0 unspecified atom stereocenters. The Morgan fingerprint density at radius 2 is 1.84 bits per heavy atom. The van der Waals surface area contributed by atoms with Crippen LogP contribution in [0.2, 0.25) is 0 Å². The number of aryl methyl sites for hydroxylation is 1. The van der Waals surface area contributed by atoms with Gasteiger partial charge in [0.25, 0.3) is 5.56 Å². The third-order valence-corrected chi connectivity index (χ3v) is 5.07. The molecule has 4 heteroatoms. The fraction of sp³-hybridized carbons (Fsp3) is 0.143. The van der Waals surface area contributed by atoms with Crippen LogP contribution in [-0.2, 0) is 12.8 Å². The Labute approximate surface area is 143 Å². The number of hydrogen-bond donors (Lipinski definition) is 1. The van der Waals surface area contributed by atoms with Gasteiger partial charge in [-0.3, -0.25) is 14.2 Å². The molecule has 25 heavy (non-hydrogen) atoms. The van der Waals surface area contributed by atoms with E-state index in [9.17, 15) is 9.59 Å². The topological polar surface area (TPSA) is 54.9 Å². The Hall–Kier alpha value is -3.14. The standard InChI is InChI=1S/C21H16N2O2/c24-20-15-10-5-11-16(15)22-17-12-18(13-6-4-7-13)23(21(25)19(17)20)14-8-2-1-3-9-14/h1-4,6-9,12H,5,10-11H2,(H,22,24). The largest absolute Gasteiger partial charge is 0.358 e. The minimum atomic E-state index is -0.254. The number of nitrogens with zero attached hydrogens (tertiary/aromatic N) is 1. The number of aromatic amines is 1. The average molecular weight is 328 g/mol. The van der Waals surface area contributed by atoms with Crippen LogP contribution in [0, 0.1) is 0 Å². The van der Waals surface area contributed by atoms with E-state index in [-0.39, 0.29) is 16.4 Å². The normalized spacial score (nSPS) is 15.1. The van der Waals surface area contributed by atoms with E-state index in [1.807, 2.05) is 54.6 Å². The second-order valence-electron chi connectivity index (χ2n) is 6.54. The summed E-state index contributed by atoms with van der Waals surface area (Å²) >= 11 is 0. The summed E-state index contributed by atoms with van der Waals surface area (Å²) in [5, 5.41) is 0.261. The highest BCUT2D eigenvalue weighted by Gasteiger charge is 2.22. The minimum absolute atomic E-state index is 0.111. The molecule has 0 bridgehead atoms. The zero-order valence-electron chi connectivity index (χ0n) is 13.6. The van der Waals surface area contributed by atoms with Crippen molar-refractivity contribution >= 4 is 16.5 Å². The number of allylic oxidation sites excluding steroid dienone is 4. The van der Waals surface area contributed by atoms with E-state index >= 15 is 0 Å². The van der Waals surface area contributed by atoms with Crippen molar-refractivity contribution in [1.29, 1.82) is 0 Å². The molecule has 0 saturated carbocycles. The maximum atomic E-state index is 13.3. The van der Waals surface area contributed by atoms with Crippen LogP contribution in [0.4, 0.5) is 0 Å². The summed E-state index contributed by atoms with van der Waals surface area (Å²) in [5.41, 5.74) is 4.60. The monoisotopic (exact) mass is 328 g/mol. The maximum Gasteiger partial charge on any atom is 0.268 e. The first-order valence-electron chi connectivity index (χ1n) is 8.52. The summed E-state index contributed by atoms with van der Waals surface area (Å²) in [6.07, 6.45) is 8.49. The van der Waals surface area contributed by atoms with Crippen LogP contribution < -0.4 is 11.0 Å². The lowest BCUT2D eigenvalue weighted by Gasteiger charge is -2.17. The Morgan fingerprint density at radius 3 is 2.56 bits per heavy atom. The fourth-order valence-corrected chi connectivity index (χ4v) is 3.78. The van der Waals surface area contributed by atoms with E-state index in [2.05, 4.69) is 4.98 Å². The summed E-state index contributed by atoms with van der Waals surface area (Å²) in [6.45, 7) is 0. The van der Waals surface area contributed by atoms with Gasteiger partial charge in [-0.15, -0.1) is 0 Å². The summed E-state index contributed by atoms with van der Waals surface area (Å²) in [7, 11) is 0. The summed E-state index contributed by atoms with van der Waals surface area (Å²) in [5.74, 6) is 0. The van der Waals surface area contributed by atoms with Gasteiger partial charge >= 0.3 is 0 Å². The minimum Gasteiger partial charge on any atom is -0.358 e. The fourth-order valence-electron chi connectivity index (χ4n) is 3.78. The number of fused-ring (bicyclic) bond motifs is 2. The van der Waals surface area contributed by atoms with Crippen molar-refractivity contribution in [2.75, 3.05) is 0 Å². The van der Waals surface area contributed by atoms with E-state index in [1.165, 1.54) is 0 Å². The molecule has 1 N–H and O–H groups in total. The van der Waals surface area contributed by atoms with Crippen molar-refractivity contribution in [2.24, 2.45) is 0 Å². The number of hydrogen-bond acceptors (Lipinski definition) is 2. The zero-order valence-corrected chi connectivity index (χ0v) is 13.6. The van der Waals surface area contributed by atoms with Gasteiger partial charge in [0, 0.05) is 16.9 Å². The molecule has 0 spiro atoms. The Balaban J connectivity index is 1.93. The second kappa shape index (κ2) is 5.18. The molecule has 2 aliphatic carbocycles. The molecule has 0 aliphatic heterocycles. The Morgan fingerprint density at radius 1 is 1.04 bits per heavy atom. The lowest BCUT2D eigenvalue weighted by molar-refractivity contribution is 0.900. The predicted octanol–water partition coefficient (Wildman–Crippen LogP) is 3.12. The first-order valence-corrected chi connectivity index (χ1v) is 8.52. The van der Waals surface area contributed by atoms with E-state index < -0.39 is 0 Å². The van der Waals surface area contributed by atoms with Crippen LogP contribution in [0.5, 0.6) is 0 Å². The molecule has 0 radical (unpaired) electrons. The molecule has 2 aromatic heterocycles. The molecule has 2 heterocycles. The highest BCUT2D eigenvalue weighted by Crippen LogP contribution is 2.26. The Kier molecular flexibility index (Phi) is 2.95. The van der Waals surface area contributed by atoms with Crippen molar-refractivity contribution in [3.05, 3.63) is 92.2 Å². The van der Waals surface area contributed by atoms with Gasteiger partial charge in [-0.2, -0.15) is 0 Å². The average Bonchev–Trinajstić information content (AvgIpc) is 3.03. The van der Waals surface area contributed by atoms with Crippen LogP contribution >= 0.6 is 0 Å². The van der Waals surface area contributed by atoms with Crippen molar-refractivity contribution < 1.29 is 0 Å². The highest BCUT2D eigenvalue weighted by atomic mass is 16.1. The van der Waals surface area contributed by atoms with Gasteiger partial charge in [0.1, 0.15) is 5.39 Å². The van der Waals surface area contributed by atoms with Gasteiger partial charge in [-0.25, -0.2) is 0 Å². The molecule has 1 aromatic carbocycles. The number of pyridine rings is 2. The van der Waals surface area contributed by atoms with E-state index in [0.717, 1.165) is 47.5 Å². The van der Waals surface area contributed by atoms with Crippen molar-refractivity contribution in [1.82, 2.24) is 9.55 Å². The lowest BCUT2D eigenvalue weighted by Crippen LogP contribution is -2.28. The molecular weight excluding hydrogens is 312 g/mol. The second-order valence-corrected chi connectivity index (χ2v) is 6.54. The summed E-state index contributed by atoms with van der Waals surface area (Å²) < 4.78 is 1.65. The van der Waals surface area contributed by atoms with E-state index in [0.29, 0.717) is 5.52 Å². The number of aromatic nitrogens is 2. The lowest BCUT2D eigenvalue weighted by atomic mass is 10.0. The first kappa shape index (κ1) is 14.2. The number of H-pyrrole nitrogens is 1. The Bertz CT molecular complexity index is 1190. The molecule has 2 aliphatic rings. The third-order valence-electron chi connectivity index (χ3n) is 5.07. The van der Waals surface area contributed by atoms with Crippen LogP contribution in [0.1, 0.15) is 23.4 Å². The molecule has 0 amide bonds. The summed E-state index contributed by atoms with van der Waals surface area (Å²) in [4.78, 5) is 29.6. The van der Waals surface area contributed by atoms with Crippen molar-refractivity contribution in [3.8, 4) is 5.69 Å². The number of benzene rings is 1. The van der Waals surface area contributed by atoms with Gasteiger partial charge in [0.05, 0.1) is 11.2 Å². The molecule has 0 saturated heterocycles. The molecule has 5 rings (SSSR count). The van der Waals surface area contributed by atoms with Gasteiger partial charge in [0.15, 0.2) is 5.43 Å².